The van der Waals surface area contributed by atoms with Crippen LogP contribution in [0.5, 0.6) is 5.75 Å². The molecule has 3 amide bonds. The van der Waals surface area contributed by atoms with E-state index in [2.05, 4.69) is 26.0 Å². The van der Waals surface area contributed by atoms with E-state index in [9.17, 15) is 14.4 Å². The number of benzene rings is 1. The number of esters is 1. The average molecular weight is 470 g/mol. The van der Waals surface area contributed by atoms with Gasteiger partial charge in [-0.05, 0) is 51.8 Å². The molecule has 146 valence electrons. The van der Waals surface area contributed by atoms with E-state index < -0.39 is 17.9 Å². The van der Waals surface area contributed by atoms with Gasteiger partial charge in [0.2, 0.25) is 5.76 Å². The fourth-order valence-electron chi connectivity index (χ4n) is 2.57. The molecule has 10 heteroatoms. The maximum atomic E-state index is 12.6. The van der Waals surface area contributed by atoms with E-state index in [-0.39, 0.29) is 23.8 Å². The van der Waals surface area contributed by atoms with Crippen molar-refractivity contribution >= 4 is 51.5 Å². The standard InChI is InChI=1S/C18H14BrClN2O6/c1-26-15-11(19)5-9(6-12(15)20)7-13-16(23)22(18(25)21-13)8-10-3-4-14(28-10)17(24)27-2/h3-7H,8H2,1-2H3,(H,21,25)/b13-7-. The number of furan rings is 1. The Bertz CT molecular complexity index is 977. The molecular weight excluding hydrogens is 456 g/mol. The van der Waals surface area contributed by atoms with E-state index in [1.165, 1.54) is 32.4 Å². The van der Waals surface area contributed by atoms with E-state index in [1.807, 2.05) is 0 Å². The number of halogens is 2. The third-order valence-corrected chi connectivity index (χ3v) is 4.73. The van der Waals surface area contributed by atoms with Crippen LogP contribution in [0.3, 0.4) is 0 Å². The fourth-order valence-corrected chi connectivity index (χ4v) is 3.63. The van der Waals surface area contributed by atoms with E-state index in [4.69, 9.17) is 20.8 Å². The molecule has 0 aliphatic carbocycles. The molecule has 0 unspecified atom stereocenters. The zero-order valence-corrected chi connectivity index (χ0v) is 17.1. The SMILES string of the molecule is COC(=O)c1ccc(CN2C(=O)N/C(=C\c3cc(Cl)c(OC)c(Br)c3)C2=O)o1. The smallest absolute Gasteiger partial charge is 0.373 e. The minimum atomic E-state index is -0.647. The molecule has 0 spiro atoms. The number of methoxy groups -OCH3 is 2. The maximum absolute atomic E-state index is 12.6. The van der Waals surface area contributed by atoms with E-state index >= 15 is 0 Å². The average Bonchev–Trinajstić information content (AvgIpc) is 3.22. The van der Waals surface area contributed by atoms with Gasteiger partial charge in [0.1, 0.15) is 11.5 Å². The first kappa shape index (κ1) is 20.0. The van der Waals surface area contributed by atoms with Gasteiger partial charge in [0.25, 0.3) is 5.91 Å². The van der Waals surface area contributed by atoms with Crippen molar-refractivity contribution in [1.29, 1.82) is 0 Å². The van der Waals surface area contributed by atoms with Gasteiger partial charge in [-0.1, -0.05) is 11.6 Å². The van der Waals surface area contributed by atoms with Crippen molar-refractivity contribution in [3.05, 3.63) is 56.5 Å². The summed E-state index contributed by atoms with van der Waals surface area (Å²) in [5, 5.41) is 2.86. The lowest BCUT2D eigenvalue weighted by molar-refractivity contribution is -0.123. The lowest BCUT2D eigenvalue weighted by atomic mass is 10.2. The quantitative estimate of drug-likeness (QED) is 0.408. The van der Waals surface area contributed by atoms with Crippen LogP contribution in [-0.2, 0) is 16.1 Å². The summed E-state index contributed by atoms with van der Waals surface area (Å²) in [6.07, 6.45) is 1.50. The summed E-state index contributed by atoms with van der Waals surface area (Å²) < 4.78 is 15.6. The summed E-state index contributed by atoms with van der Waals surface area (Å²) >= 11 is 9.48. The normalized spacial score (nSPS) is 15.1. The molecule has 1 aliphatic heterocycles. The monoisotopic (exact) mass is 468 g/mol. The van der Waals surface area contributed by atoms with Gasteiger partial charge >= 0.3 is 12.0 Å². The third kappa shape index (κ3) is 3.90. The van der Waals surface area contributed by atoms with Gasteiger partial charge in [-0.2, -0.15) is 0 Å². The number of hydrogen-bond donors (Lipinski definition) is 1. The molecule has 0 atom stereocenters. The Morgan fingerprint density at radius 2 is 2.07 bits per heavy atom. The van der Waals surface area contributed by atoms with Gasteiger partial charge < -0.3 is 19.2 Å². The molecular formula is C18H14BrClN2O6. The highest BCUT2D eigenvalue weighted by Gasteiger charge is 2.34. The van der Waals surface area contributed by atoms with E-state index in [1.54, 1.807) is 12.1 Å². The van der Waals surface area contributed by atoms with Crippen LogP contribution in [0.4, 0.5) is 4.79 Å². The zero-order valence-electron chi connectivity index (χ0n) is 14.7. The fraction of sp³-hybridized carbons (Fsp3) is 0.167. The molecule has 1 aliphatic rings. The lowest BCUT2D eigenvalue weighted by Gasteiger charge is -2.09. The number of carbonyl (C=O) groups excluding carboxylic acids is 3. The van der Waals surface area contributed by atoms with Gasteiger partial charge in [0, 0.05) is 0 Å². The second-order valence-corrected chi connectivity index (χ2v) is 6.92. The first-order chi connectivity index (χ1) is 13.3. The van der Waals surface area contributed by atoms with Crippen molar-refractivity contribution < 1.29 is 28.3 Å². The number of urea groups is 1. The third-order valence-electron chi connectivity index (χ3n) is 3.86. The number of ether oxygens (including phenoxy) is 2. The summed E-state index contributed by atoms with van der Waals surface area (Å²) in [5.41, 5.74) is 0.673. The van der Waals surface area contributed by atoms with Crippen LogP contribution in [0.1, 0.15) is 21.9 Å². The molecule has 28 heavy (non-hydrogen) atoms. The topological polar surface area (TPSA) is 98.1 Å². The van der Waals surface area contributed by atoms with Gasteiger partial charge in [0.05, 0.1) is 30.3 Å². The molecule has 1 aromatic carbocycles. The van der Waals surface area contributed by atoms with Crippen molar-refractivity contribution in [3.8, 4) is 5.75 Å². The van der Waals surface area contributed by atoms with Crippen LogP contribution in [0.15, 0.2) is 38.9 Å². The molecule has 1 N–H and O–H groups in total. The molecule has 1 saturated heterocycles. The van der Waals surface area contributed by atoms with E-state index in [0.717, 1.165) is 4.90 Å². The number of nitrogens with zero attached hydrogens (tertiary/aromatic N) is 1. The molecule has 0 bridgehead atoms. The van der Waals surface area contributed by atoms with Crippen molar-refractivity contribution in [2.45, 2.75) is 6.54 Å². The predicted molar refractivity (Wildman–Crippen MR) is 103 cm³/mol. The maximum Gasteiger partial charge on any atom is 0.373 e. The molecule has 1 aromatic heterocycles. The van der Waals surface area contributed by atoms with Gasteiger partial charge in [-0.25, -0.2) is 9.59 Å². The Morgan fingerprint density at radius 3 is 2.71 bits per heavy atom. The predicted octanol–water partition coefficient (Wildman–Crippen LogP) is 3.58. The second-order valence-electron chi connectivity index (χ2n) is 5.65. The van der Waals surface area contributed by atoms with Crippen LogP contribution in [0, 0.1) is 0 Å². The minimum Gasteiger partial charge on any atom is -0.494 e. The zero-order chi connectivity index (χ0) is 20.4. The summed E-state index contributed by atoms with van der Waals surface area (Å²) in [6, 6.07) is 5.61. The Labute approximate surface area is 173 Å². The van der Waals surface area contributed by atoms with Gasteiger partial charge in [-0.15, -0.1) is 0 Å². The Morgan fingerprint density at radius 1 is 1.32 bits per heavy atom. The lowest BCUT2D eigenvalue weighted by Crippen LogP contribution is -2.30. The first-order valence-corrected chi connectivity index (χ1v) is 9.05. The number of carbonyl (C=O) groups is 3. The summed E-state index contributed by atoms with van der Waals surface area (Å²) in [5.74, 6) is -0.472. The first-order valence-electron chi connectivity index (χ1n) is 7.88. The van der Waals surface area contributed by atoms with Crippen molar-refractivity contribution in [2.75, 3.05) is 14.2 Å². The summed E-state index contributed by atoms with van der Waals surface area (Å²) in [4.78, 5) is 37.2. The van der Waals surface area contributed by atoms with Gasteiger partial charge in [-0.3, -0.25) is 9.69 Å². The minimum absolute atomic E-state index is 0.0157. The molecule has 2 heterocycles. The highest BCUT2D eigenvalue weighted by molar-refractivity contribution is 9.10. The largest absolute Gasteiger partial charge is 0.494 e. The van der Waals surface area contributed by atoms with Gasteiger partial charge in [0.15, 0.2) is 5.75 Å². The van der Waals surface area contributed by atoms with E-state index in [0.29, 0.717) is 20.8 Å². The molecule has 2 aromatic rings. The highest BCUT2D eigenvalue weighted by atomic mass is 79.9. The second kappa shape index (κ2) is 8.07. The summed E-state index contributed by atoms with van der Waals surface area (Å²) in [6.45, 7) is -0.133. The molecule has 8 nitrogen and oxygen atoms in total. The molecule has 0 radical (unpaired) electrons. The summed E-state index contributed by atoms with van der Waals surface area (Å²) in [7, 11) is 2.71. The number of imide groups is 1. The number of rotatable bonds is 5. The van der Waals surface area contributed by atoms with Crippen molar-refractivity contribution in [1.82, 2.24) is 10.2 Å². The van der Waals surface area contributed by atoms with Crippen LogP contribution in [-0.4, -0.2) is 37.0 Å². The van der Waals surface area contributed by atoms with Crippen molar-refractivity contribution in [3.63, 3.8) is 0 Å². The molecule has 0 saturated carbocycles. The number of hydrogen-bond acceptors (Lipinski definition) is 6. The number of nitrogens with one attached hydrogen (secondary N) is 1. The van der Waals surface area contributed by atoms with Crippen molar-refractivity contribution in [2.24, 2.45) is 0 Å². The Balaban J connectivity index is 1.81. The number of amides is 3. The Kier molecular flexibility index (Phi) is 5.76. The Hall–Kier alpha value is -2.78. The van der Waals surface area contributed by atoms with Crippen LogP contribution >= 0.6 is 27.5 Å². The van der Waals surface area contributed by atoms with Crippen LogP contribution in [0.25, 0.3) is 6.08 Å². The van der Waals surface area contributed by atoms with Crippen LogP contribution < -0.4 is 10.1 Å². The van der Waals surface area contributed by atoms with Crippen LogP contribution in [0.2, 0.25) is 5.02 Å². The molecule has 3 rings (SSSR count). The molecule has 1 fully saturated rings. The highest BCUT2D eigenvalue weighted by Crippen LogP contribution is 2.35.